The molecule has 0 unspecified atom stereocenters. The van der Waals surface area contributed by atoms with Crippen molar-refractivity contribution in [3.05, 3.63) is 57.0 Å². The molecule has 26 heavy (non-hydrogen) atoms. The smallest absolute Gasteiger partial charge is 0.135 e. The Bertz CT molecular complexity index is 1060. The van der Waals surface area contributed by atoms with E-state index in [1.807, 2.05) is 48.5 Å². The van der Waals surface area contributed by atoms with Crippen LogP contribution in [-0.2, 0) is 0 Å². The standard InChI is InChI=1S/C18H8N4S4/c1-2-6-10-9(5-1)19-13-14(20-10)24-17(23-13)18-25-15-16(26-18)22-12-8-4-3-7-11(12)21-15/h1-8H. The lowest BCUT2D eigenvalue weighted by molar-refractivity contribution is 0.981. The maximum absolute atomic E-state index is 4.77. The molecule has 0 amide bonds. The van der Waals surface area contributed by atoms with Crippen LogP contribution in [0.15, 0.2) is 77.1 Å². The molecule has 0 bridgehead atoms. The van der Waals surface area contributed by atoms with E-state index in [4.69, 9.17) is 19.9 Å². The summed E-state index contributed by atoms with van der Waals surface area (Å²) in [6.07, 6.45) is 0. The van der Waals surface area contributed by atoms with E-state index in [1.165, 1.54) is 8.47 Å². The van der Waals surface area contributed by atoms with E-state index in [0.29, 0.717) is 0 Å². The van der Waals surface area contributed by atoms with Crippen LogP contribution in [0.1, 0.15) is 0 Å². The van der Waals surface area contributed by atoms with Crippen molar-refractivity contribution in [2.45, 2.75) is 20.1 Å². The summed E-state index contributed by atoms with van der Waals surface area (Å²) in [6, 6.07) is 16.0. The van der Waals surface area contributed by atoms with Crippen LogP contribution in [-0.4, -0.2) is 19.9 Å². The molecule has 2 aliphatic rings. The van der Waals surface area contributed by atoms with Gasteiger partial charge in [-0.25, -0.2) is 19.9 Å². The number of hydrogen-bond acceptors (Lipinski definition) is 8. The summed E-state index contributed by atoms with van der Waals surface area (Å²) in [7, 11) is 0. The van der Waals surface area contributed by atoms with Crippen LogP contribution in [0.5, 0.6) is 0 Å². The Labute approximate surface area is 165 Å². The topological polar surface area (TPSA) is 51.6 Å². The SMILES string of the molecule is c1ccc2nc3c(nc2c1)SC(=C1Sc2nc4ccccc4nc2S1)S3. The average molecular weight is 409 g/mol. The fourth-order valence-electron chi connectivity index (χ4n) is 2.76. The molecule has 4 nitrogen and oxygen atoms in total. The second-order valence-electron chi connectivity index (χ2n) is 5.63. The molecule has 8 heteroatoms. The van der Waals surface area contributed by atoms with Crippen molar-refractivity contribution in [1.82, 2.24) is 19.9 Å². The Balaban J connectivity index is 1.40. The zero-order valence-electron chi connectivity index (χ0n) is 13.0. The van der Waals surface area contributed by atoms with Crippen molar-refractivity contribution in [2.24, 2.45) is 0 Å². The lowest BCUT2D eigenvalue weighted by Crippen LogP contribution is -1.86. The molecule has 4 heterocycles. The van der Waals surface area contributed by atoms with E-state index >= 15 is 0 Å². The molecule has 0 fully saturated rings. The fraction of sp³-hybridized carbons (Fsp3) is 0. The highest BCUT2D eigenvalue weighted by Gasteiger charge is 2.30. The van der Waals surface area contributed by atoms with Gasteiger partial charge >= 0.3 is 0 Å². The maximum atomic E-state index is 4.77. The summed E-state index contributed by atoms with van der Waals surface area (Å²) in [5, 5.41) is 3.94. The van der Waals surface area contributed by atoms with E-state index in [9.17, 15) is 0 Å². The zero-order chi connectivity index (χ0) is 17.1. The van der Waals surface area contributed by atoms with Crippen molar-refractivity contribution in [3.63, 3.8) is 0 Å². The number of fused-ring (bicyclic) bond motifs is 4. The average Bonchev–Trinajstić information content (AvgIpc) is 3.27. The first-order valence-corrected chi connectivity index (χ1v) is 11.1. The molecule has 0 aliphatic carbocycles. The van der Waals surface area contributed by atoms with Gasteiger partial charge in [-0.15, -0.1) is 0 Å². The molecule has 4 aromatic rings. The van der Waals surface area contributed by atoms with E-state index in [1.54, 1.807) is 47.0 Å². The lowest BCUT2D eigenvalue weighted by Gasteiger charge is -1.98. The van der Waals surface area contributed by atoms with Crippen LogP contribution in [0.25, 0.3) is 22.1 Å². The molecule has 0 N–H and O–H groups in total. The Morgan fingerprint density at radius 3 is 0.962 bits per heavy atom. The quantitative estimate of drug-likeness (QED) is 0.362. The minimum atomic E-state index is 0.940. The maximum Gasteiger partial charge on any atom is 0.135 e. The number of benzene rings is 2. The predicted molar refractivity (Wildman–Crippen MR) is 110 cm³/mol. The number of rotatable bonds is 0. The predicted octanol–water partition coefficient (Wildman–Crippen LogP) is 5.80. The van der Waals surface area contributed by atoms with Gasteiger partial charge in [0.2, 0.25) is 0 Å². The first-order valence-electron chi connectivity index (χ1n) is 7.83. The Morgan fingerprint density at radius 2 is 0.692 bits per heavy atom. The fourth-order valence-corrected chi connectivity index (χ4v) is 7.68. The van der Waals surface area contributed by atoms with Crippen LogP contribution in [0.4, 0.5) is 0 Å². The van der Waals surface area contributed by atoms with E-state index in [2.05, 4.69) is 0 Å². The molecule has 0 atom stereocenters. The van der Waals surface area contributed by atoms with Crippen molar-refractivity contribution in [3.8, 4) is 0 Å². The number of aromatic nitrogens is 4. The number of nitrogens with zero attached hydrogens (tertiary/aromatic N) is 4. The normalized spacial score (nSPS) is 15.7. The van der Waals surface area contributed by atoms with Crippen LogP contribution in [0.3, 0.4) is 0 Å². The highest BCUT2D eigenvalue weighted by molar-refractivity contribution is 8.30. The van der Waals surface area contributed by atoms with Crippen molar-refractivity contribution in [2.75, 3.05) is 0 Å². The van der Waals surface area contributed by atoms with Gasteiger partial charge in [-0.3, -0.25) is 0 Å². The van der Waals surface area contributed by atoms with Gasteiger partial charge in [-0.05, 0) is 24.3 Å². The van der Waals surface area contributed by atoms with Gasteiger partial charge in [0.25, 0.3) is 0 Å². The summed E-state index contributed by atoms with van der Waals surface area (Å²) in [5.41, 5.74) is 3.76. The van der Waals surface area contributed by atoms with Crippen molar-refractivity contribution >= 4 is 69.1 Å². The molecule has 6 rings (SSSR count). The van der Waals surface area contributed by atoms with Gasteiger partial charge in [0.15, 0.2) is 0 Å². The van der Waals surface area contributed by atoms with Gasteiger partial charge in [-0.2, -0.15) is 0 Å². The summed E-state index contributed by atoms with van der Waals surface area (Å²) < 4.78 is 2.43. The molecule has 0 spiro atoms. The summed E-state index contributed by atoms with van der Waals surface area (Å²) in [5.74, 6) is 0. The molecule has 0 saturated heterocycles. The van der Waals surface area contributed by atoms with Crippen LogP contribution in [0.2, 0.25) is 0 Å². The second-order valence-corrected chi connectivity index (χ2v) is 10.1. The first-order chi connectivity index (χ1) is 12.8. The molecule has 124 valence electrons. The van der Waals surface area contributed by atoms with Crippen molar-refractivity contribution < 1.29 is 0 Å². The van der Waals surface area contributed by atoms with Gasteiger partial charge in [-0.1, -0.05) is 71.3 Å². The van der Waals surface area contributed by atoms with Crippen LogP contribution in [0, 0.1) is 0 Å². The third-order valence-electron chi connectivity index (χ3n) is 3.94. The lowest BCUT2D eigenvalue weighted by atomic mass is 10.3. The molecule has 2 aliphatic heterocycles. The second kappa shape index (κ2) is 5.88. The third kappa shape index (κ3) is 2.44. The number of thioether (sulfide) groups is 4. The van der Waals surface area contributed by atoms with E-state index in [-0.39, 0.29) is 0 Å². The largest absolute Gasteiger partial charge is 0.237 e. The van der Waals surface area contributed by atoms with Gasteiger partial charge in [0.05, 0.1) is 30.5 Å². The Morgan fingerprint density at radius 1 is 0.423 bits per heavy atom. The van der Waals surface area contributed by atoms with E-state index in [0.717, 1.165) is 42.2 Å². The monoisotopic (exact) mass is 408 g/mol. The van der Waals surface area contributed by atoms with Gasteiger partial charge in [0.1, 0.15) is 20.1 Å². The minimum absolute atomic E-state index is 0.940. The molecule has 0 saturated carbocycles. The third-order valence-corrected chi connectivity index (χ3v) is 9.19. The number of hydrogen-bond donors (Lipinski definition) is 0. The van der Waals surface area contributed by atoms with E-state index < -0.39 is 0 Å². The molecular formula is C18H8N4S4. The van der Waals surface area contributed by atoms with Gasteiger partial charge in [0, 0.05) is 0 Å². The summed E-state index contributed by atoms with van der Waals surface area (Å²) in [4.78, 5) is 19.1. The molecule has 0 radical (unpaired) electrons. The molecular weight excluding hydrogens is 400 g/mol. The zero-order valence-corrected chi connectivity index (χ0v) is 16.3. The first kappa shape index (κ1) is 15.3. The Hall–Kier alpha value is -1.74. The van der Waals surface area contributed by atoms with Crippen LogP contribution < -0.4 is 0 Å². The Kier molecular flexibility index (Phi) is 3.47. The minimum Gasteiger partial charge on any atom is -0.237 e. The summed E-state index contributed by atoms with van der Waals surface area (Å²) in [6.45, 7) is 0. The summed E-state index contributed by atoms with van der Waals surface area (Å²) >= 11 is 6.78. The number of para-hydroxylation sites is 4. The van der Waals surface area contributed by atoms with Crippen LogP contribution >= 0.6 is 47.0 Å². The van der Waals surface area contributed by atoms with Crippen molar-refractivity contribution in [1.29, 1.82) is 0 Å². The highest BCUT2D eigenvalue weighted by Crippen LogP contribution is 2.60. The van der Waals surface area contributed by atoms with Gasteiger partial charge < -0.3 is 0 Å². The molecule has 2 aromatic carbocycles. The highest BCUT2D eigenvalue weighted by atomic mass is 32.2. The molecule has 2 aromatic heterocycles.